The van der Waals surface area contributed by atoms with Gasteiger partial charge in [0.05, 0.1) is 0 Å². The van der Waals surface area contributed by atoms with E-state index in [4.69, 9.17) is 23.2 Å². The van der Waals surface area contributed by atoms with Gasteiger partial charge in [0.25, 0.3) is 0 Å². The predicted octanol–water partition coefficient (Wildman–Crippen LogP) is 4.78. The van der Waals surface area contributed by atoms with Crippen LogP contribution in [-0.4, -0.2) is 6.29 Å². The Hall–Kier alpha value is -1.31. The molecule has 2 aromatic rings. The first-order valence-corrected chi connectivity index (χ1v) is 5.88. The summed E-state index contributed by atoms with van der Waals surface area (Å²) in [6, 6.07) is 10.9. The van der Waals surface area contributed by atoms with Crippen molar-refractivity contribution in [2.45, 2.75) is 6.92 Å². The molecular weight excluding hydrogens is 255 g/mol. The lowest BCUT2D eigenvalue weighted by atomic mass is 9.98. The minimum Gasteiger partial charge on any atom is -0.298 e. The Kier molecular flexibility index (Phi) is 3.51. The van der Waals surface area contributed by atoms with Gasteiger partial charge in [-0.05, 0) is 36.2 Å². The second kappa shape index (κ2) is 4.91. The van der Waals surface area contributed by atoms with Gasteiger partial charge < -0.3 is 0 Å². The first-order chi connectivity index (χ1) is 8.10. The van der Waals surface area contributed by atoms with E-state index in [9.17, 15) is 4.79 Å². The fourth-order valence-corrected chi connectivity index (χ4v) is 2.26. The monoisotopic (exact) mass is 264 g/mol. The van der Waals surface area contributed by atoms with Crippen molar-refractivity contribution < 1.29 is 4.79 Å². The highest BCUT2D eigenvalue weighted by molar-refractivity contribution is 6.35. The average molecular weight is 265 g/mol. The molecule has 0 fully saturated rings. The Morgan fingerprint density at radius 2 is 1.65 bits per heavy atom. The molecule has 0 aliphatic carbocycles. The molecule has 0 saturated carbocycles. The Bertz CT molecular complexity index is 556. The summed E-state index contributed by atoms with van der Waals surface area (Å²) in [5.74, 6) is 0. The van der Waals surface area contributed by atoms with Crippen LogP contribution in [0.25, 0.3) is 11.1 Å². The number of hydrogen-bond acceptors (Lipinski definition) is 1. The van der Waals surface area contributed by atoms with Crippen LogP contribution in [0.1, 0.15) is 15.9 Å². The molecule has 0 heterocycles. The summed E-state index contributed by atoms with van der Waals surface area (Å²) in [7, 11) is 0. The Morgan fingerprint density at radius 1 is 1.00 bits per heavy atom. The van der Waals surface area contributed by atoms with Gasteiger partial charge >= 0.3 is 0 Å². The topological polar surface area (TPSA) is 17.1 Å². The van der Waals surface area contributed by atoms with Gasteiger partial charge in [0.15, 0.2) is 6.29 Å². The number of halogens is 2. The summed E-state index contributed by atoms with van der Waals surface area (Å²) in [6.45, 7) is 1.98. The molecular formula is C14H10Cl2O. The van der Waals surface area contributed by atoms with E-state index in [-0.39, 0.29) is 0 Å². The first-order valence-electron chi connectivity index (χ1n) is 5.12. The van der Waals surface area contributed by atoms with Crippen LogP contribution in [0.3, 0.4) is 0 Å². The lowest BCUT2D eigenvalue weighted by Crippen LogP contribution is -1.89. The van der Waals surface area contributed by atoms with E-state index in [0.29, 0.717) is 15.6 Å². The highest BCUT2D eigenvalue weighted by atomic mass is 35.5. The average Bonchev–Trinajstić information content (AvgIpc) is 2.27. The van der Waals surface area contributed by atoms with Crippen molar-refractivity contribution in [3.05, 3.63) is 57.6 Å². The van der Waals surface area contributed by atoms with E-state index < -0.39 is 0 Å². The molecule has 0 amide bonds. The van der Waals surface area contributed by atoms with Crippen molar-refractivity contribution in [1.29, 1.82) is 0 Å². The van der Waals surface area contributed by atoms with E-state index in [1.54, 1.807) is 24.3 Å². The zero-order valence-corrected chi connectivity index (χ0v) is 10.7. The van der Waals surface area contributed by atoms with Crippen LogP contribution < -0.4 is 0 Å². The zero-order valence-electron chi connectivity index (χ0n) is 9.21. The maximum atomic E-state index is 11.0. The number of carbonyl (C=O) groups is 1. The molecule has 0 bridgehead atoms. The molecule has 3 heteroatoms. The third kappa shape index (κ3) is 2.68. The molecule has 17 heavy (non-hydrogen) atoms. The van der Waals surface area contributed by atoms with Crippen molar-refractivity contribution in [2.24, 2.45) is 0 Å². The summed E-state index contributed by atoms with van der Waals surface area (Å²) < 4.78 is 0. The van der Waals surface area contributed by atoms with Crippen LogP contribution in [0.5, 0.6) is 0 Å². The molecule has 0 saturated heterocycles. The van der Waals surface area contributed by atoms with Crippen molar-refractivity contribution in [2.75, 3.05) is 0 Å². The molecule has 2 aromatic carbocycles. The smallest absolute Gasteiger partial charge is 0.150 e. The fraction of sp³-hybridized carbons (Fsp3) is 0.0714. The van der Waals surface area contributed by atoms with Crippen molar-refractivity contribution in [3.63, 3.8) is 0 Å². The SMILES string of the molecule is Cc1ccc(C=O)c(-c2cc(Cl)cc(Cl)c2)c1. The molecule has 0 N–H and O–H groups in total. The Morgan fingerprint density at radius 3 is 2.24 bits per heavy atom. The van der Waals surface area contributed by atoms with Crippen LogP contribution in [-0.2, 0) is 0 Å². The van der Waals surface area contributed by atoms with Crippen LogP contribution in [0.2, 0.25) is 10.0 Å². The summed E-state index contributed by atoms with van der Waals surface area (Å²) in [5, 5.41) is 1.12. The lowest BCUT2D eigenvalue weighted by molar-refractivity contribution is 0.112. The number of benzene rings is 2. The summed E-state index contributed by atoms with van der Waals surface area (Å²) in [6.07, 6.45) is 0.837. The molecule has 0 aliphatic rings. The van der Waals surface area contributed by atoms with Crippen LogP contribution >= 0.6 is 23.2 Å². The molecule has 0 radical (unpaired) electrons. The third-order valence-corrected chi connectivity index (χ3v) is 2.95. The van der Waals surface area contributed by atoms with Gasteiger partial charge in [0.1, 0.15) is 0 Å². The molecule has 2 rings (SSSR count). The van der Waals surface area contributed by atoms with E-state index in [1.807, 2.05) is 19.1 Å². The van der Waals surface area contributed by atoms with Gasteiger partial charge in [-0.25, -0.2) is 0 Å². The van der Waals surface area contributed by atoms with Crippen LogP contribution in [0.4, 0.5) is 0 Å². The Labute approximate surface area is 110 Å². The second-order valence-electron chi connectivity index (χ2n) is 3.87. The lowest BCUT2D eigenvalue weighted by Gasteiger charge is -2.07. The maximum absolute atomic E-state index is 11.0. The largest absolute Gasteiger partial charge is 0.298 e. The minimum absolute atomic E-state index is 0.561. The van der Waals surface area contributed by atoms with Gasteiger partial charge in [-0.1, -0.05) is 47.0 Å². The van der Waals surface area contributed by atoms with Gasteiger partial charge in [-0.2, -0.15) is 0 Å². The van der Waals surface area contributed by atoms with Crippen molar-refractivity contribution in [1.82, 2.24) is 0 Å². The molecule has 1 nitrogen and oxygen atoms in total. The van der Waals surface area contributed by atoms with E-state index >= 15 is 0 Å². The molecule has 0 aliphatic heterocycles. The number of rotatable bonds is 2. The van der Waals surface area contributed by atoms with E-state index in [1.165, 1.54) is 0 Å². The number of aryl methyl sites for hydroxylation is 1. The van der Waals surface area contributed by atoms with Gasteiger partial charge in [-0.3, -0.25) is 4.79 Å². The second-order valence-corrected chi connectivity index (χ2v) is 4.74. The van der Waals surface area contributed by atoms with Crippen molar-refractivity contribution >= 4 is 29.5 Å². The van der Waals surface area contributed by atoms with E-state index in [0.717, 1.165) is 23.0 Å². The maximum Gasteiger partial charge on any atom is 0.150 e. The number of aldehydes is 1. The summed E-state index contributed by atoms with van der Waals surface area (Å²) in [5.41, 5.74) is 3.42. The van der Waals surface area contributed by atoms with Crippen LogP contribution in [0, 0.1) is 6.92 Å². The quantitative estimate of drug-likeness (QED) is 0.714. The molecule has 0 atom stereocenters. The van der Waals surface area contributed by atoms with Crippen LogP contribution in [0.15, 0.2) is 36.4 Å². The highest BCUT2D eigenvalue weighted by Gasteiger charge is 2.07. The summed E-state index contributed by atoms with van der Waals surface area (Å²) >= 11 is 11.9. The summed E-state index contributed by atoms with van der Waals surface area (Å²) in [4.78, 5) is 11.0. The third-order valence-electron chi connectivity index (χ3n) is 2.51. The fourth-order valence-electron chi connectivity index (χ4n) is 1.73. The van der Waals surface area contributed by atoms with Crippen molar-refractivity contribution in [3.8, 4) is 11.1 Å². The first kappa shape index (κ1) is 12.2. The van der Waals surface area contributed by atoms with Gasteiger partial charge in [0, 0.05) is 15.6 Å². The molecule has 0 spiro atoms. The molecule has 0 unspecified atom stereocenters. The molecule has 0 aromatic heterocycles. The molecule has 86 valence electrons. The highest BCUT2D eigenvalue weighted by Crippen LogP contribution is 2.29. The van der Waals surface area contributed by atoms with Gasteiger partial charge in [-0.15, -0.1) is 0 Å². The van der Waals surface area contributed by atoms with Gasteiger partial charge in [0.2, 0.25) is 0 Å². The van der Waals surface area contributed by atoms with E-state index in [2.05, 4.69) is 0 Å². The normalized spacial score (nSPS) is 10.3. The Balaban J connectivity index is 2.66. The zero-order chi connectivity index (χ0) is 12.4. The number of carbonyl (C=O) groups excluding carboxylic acids is 1. The number of hydrogen-bond donors (Lipinski definition) is 0. The predicted molar refractivity (Wildman–Crippen MR) is 72.0 cm³/mol. The minimum atomic E-state index is 0.561. The standard InChI is InChI=1S/C14H10Cl2O/c1-9-2-3-10(8-17)14(4-9)11-5-12(15)7-13(16)6-11/h2-8H,1H3.